The van der Waals surface area contributed by atoms with E-state index in [-0.39, 0.29) is 0 Å². The predicted octanol–water partition coefficient (Wildman–Crippen LogP) is 2.02. The van der Waals surface area contributed by atoms with Crippen LogP contribution in [-0.2, 0) is 4.74 Å². The van der Waals surface area contributed by atoms with Crippen LogP contribution in [0.4, 0.5) is 0 Å². The third-order valence-corrected chi connectivity index (χ3v) is 6.48. The molecule has 27 heavy (non-hydrogen) atoms. The Hall–Kier alpha value is -1.15. The van der Waals surface area contributed by atoms with Gasteiger partial charge < -0.3 is 20.3 Å². The second-order valence-electron chi connectivity index (χ2n) is 7.61. The van der Waals surface area contributed by atoms with Crippen LogP contribution in [0.5, 0.6) is 0 Å². The Balaban J connectivity index is 1.46. The molecule has 0 amide bonds. The van der Waals surface area contributed by atoms with E-state index in [1.54, 1.807) is 0 Å². The molecule has 0 bridgehead atoms. The summed E-state index contributed by atoms with van der Waals surface area (Å²) >= 11 is 1.83. The smallest absolute Gasteiger partial charge is 0.191 e. The van der Waals surface area contributed by atoms with Gasteiger partial charge in [0.1, 0.15) is 0 Å². The molecule has 2 aliphatic rings. The maximum absolute atomic E-state index is 5.53. The van der Waals surface area contributed by atoms with Gasteiger partial charge in [-0.2, -0.15) is 0 Å². The van der Waals surface area contributed by atoms with Crippen molar-refractivity contribution in [3.63, 3.8) is 0 Å². The fourth-order valence-electron chi connectivity index (χ4n) is 4.02. The molecule has 2 unspecified atom stereocenters. The molecule has 0 saturated carbocycles. The van der Waals surface area contributed by atoms with Crippen LogP contribution >= 0.6 is 11.3 Å². The number of hydrogen-bond donors (Lipinski definition) is 2. The van der Waals surface area contributed by atoms with Crippen LogP contribution in [0.25, 0.3) is 0 Å². The molecule has 1 aromatic rings. The number of thiophene rings is 1. The largest absolute Gasteiger partial charge is 0.379 e. The zero-order valence-electron chi connectivity index (χ0n) is 16.8. The van der Waals surface area contributed by atoms with Crippen molar-refractivity contribution in [1.82, 2.24) is 20.4 Å². The zero-order chi connectivity index (χ0) is 18.9. The average molecular weight is 394 g/mol. The number of ether oxygens (including phenoxy) is 1. The highest BCUT2D eigenvalue weighted by Crippen LogP contribution is 2.25. The highest BCUT2D eigenvalue weighted by molar-refractivity contribution is 7.10. The minimum absolute atomic E-state index is 0.371. The molecular weight excluding hydrogens is 358 g/mol. The Labute approximate surface area is 168 Å². The van der Waals surface area contributed by atoms with Gasteiger partial charge in [-0.15, -0.1) is 11.3 Å². The summed E-state index contributed by atoms with van der Waals surface area (Å²) in [4.78, 5) is 10.9. The molecule has 1 aromatic heterocycles. The Bertz CT molecular complexity index is 559. The van der Waals surface area contributed by atoms with E-state index in [1.807, 2.05) is 18.4 Å². The minimum atomic E-state index is 0.371. The second-order valence-corrected chi connectivity index (χ2v) is 8.59. The van der Waals surface area contributed by atoms with E-state index in [9.17, 15) is 0 Å². The molecule has 3 rings (SSSR count). The number of guanidine groups is 1. The highest BCUT2D eigenvalue weighted by atomic mass is 32.1. The van der Waals surface area contributed by atoms with Crippen molar-refractivity contribution < 1.29 is 4.74 Å². The van der Waals surface area contributed by atoms with E-state index in [0.717, 1.165) is 57.8 Å². The van der Waals surface area contributed by atoms with Crippen molar-refractivity contribution in [3.05, 3.63) is 22.4 Å². The Morgan fingerprint density at radius 3 is 2.89 bits per heavy atom. The first-order valence-corrected chi connectivity index (χ1v) is 11.2. The van der Waals surface area contributed by atoms with Gasteiger partial charge in [0, 0.05) is 51.2 Å². The summed E-state index contributed by atoms with van der Waals surface area (Å²) in [7, 11) is 1.85. The number of rotatable bonds is 7. The number of piperidine rings is 1. The second kappa shape index (κ2) is 11.0. The van der Waals surface area contributed by atoms with Crippen LogP contribution in [0.15, 0.2) is 22.5 Å². The summed E-state index contributed by atoms with van der Waals surface area (Å²) < 4.78 is 5.53. The van der Waals surface area contributed by atoms with Gasteiger partial charge in [-0.3, -0.25) is 9.89 Å². The van der Waals surface area contributed by atoms with Gasteiger partial charge in [0.25, 0.3) is 0 Å². The predicted molar refractivity (Wildman–Crippen MR) is 114 cm³/mol. The quantitative estimate of drug-likeness (QED) is 0.548. The van der Waals surface area contributed by atoms with Gasteiger partial charge in [-0.1, -0.05) is 13.0 Å². The van der Waals surface area contributed by atoms with Crippen LogP contribution in [-0.4, -0.2) is 81.8 Å². The summed E-state index contributed by atoms with van der Waals surface area (Å²) in [5.74, 6) is 1.73. The van der Waals surface area contributed by atoms with E-state index >= 15 is 0 Å². The average Bonchev–Trinajstić information content (AvgIpc) is 3.22. The lowest BCUT2D eigenvalue weighted by Gasteiger charge is -2.34. The van der Waals surface area contributed by atoms with Gasteiger partial charge in [0.2, 0.25) is 0 Å². The van der Waals surface area contributed by atoms with Crippen LogP contribution < -0.4 is 10.6 Å². The first-order valence-electron chi connectivity index (χ1n) is 10.3. The van der Waals surface area contributed by atoms with Crippen molar-refractivity contribution in [2.24, 2.45) is 10.9 Å². The molecule has 0 aliphatic carbocycles. The lowest BCUT2D eigenvalue weighted by atomic mass is 10.0. The lowest BCUT2D eigenvalue weighted by molar-refractivity contribution is 0.0177. The van der Waals surface area contributed by atoms with Gasteiger partial charge >= 0.3 is 0 Å². The topological polar surface area (TPSA) is 52.1 Å². The number of aliphatic imine (C=N–C) groups is 1. The maximum Gasteiger partial charge on any atom is 0.191 e. The van der Waals surface area contributed by atoms with Crippen molar-refractivity contribution >= 4 is 17.3 Å². The first kappa shape index (κ1) is 20.6. The van der Waals surface area contributed by atoms with Crippen molar-refractivity contribution in [3.8, 4) is 0 Å². The van der Waals surface area contributed by atoms with E-state index in [4.69, 9.17) is 4.74 Å². The van der Waals surface area contributed by atoms with Gasteiger partial charge in [-0.25, -0.2) is 0 Å². The van der Waals surface area contributed by atoms with Crippen molar-refractivity contribution in [2.75, 3.05) is 66.1 Å². The normalized spacial score (nSPS) is 23.9. The Kier molecular flexibility index (Phi) is 8.38. The molecule has 6 nitrogen and oxygen atoms in total. The van der Waals surface area contributed by atoms with Gasteiger partial charge in [-0.05, 0) is 36.8 Å². The minimum Gasteiger partial charge on any atom is -0.379 e. The third kappa shape index (κ3) is 6.45. The molecule has 2 aliphatic heterocycles. The van der Waals surface area contributed by atoms with Gasteiger partial charge in [0.05, 0.1) is 19.3 Å². The molecule has 2 atom stereocenters. The maximum atomic E-state index is 5.53. The van der Waals surface area contributed by atoms with Crippen molar-refractivity contribution in [2.45, 2.75) is 25.8 Å². The zero-order valence-corrected chi connectivity index (χ0v) is 17.6. The number of nitrogens with zero attached hydrogens (tertiary/aromatic N) is 3. The summed E-state index contributed by atoms with van der Waals surface area (Å²) in [5.41, 5.74) is 0. The first-order chi connectivity index (χ1) is 13.3. The number of morpholine rings is 1. The molecule has 0 spiro atoms. The van der Waals surface area contributed by atoms with E-state index in [2.05, 4.69) is 49.9 Å². The summed E-state index contributed by atoms with van der Waals surface area (Å²) in [6.45, 7) is 11.3. The Morgan fingerprint density at radius 2 is 2.19 bits per heavy atom. The van der Waals surface area contributed by atoms with Crippen molar-refractivity contribution in [1.29, 1.82) is 0 Å². The molecule has 7 heteroatoms. The van der Waals surface area contributed by atoms with Crippen LogP contribution in [0.3, 0.4) is 0 Å². The van der Waals surface area contributed by atoms with E-state index < -0.39 is 0 Å². The fraction of sp³-hybridized carbons (Fsp3) is 0.750. The van der Waals surface area contributed by atoms with Gasteiger partial charge in [0.15, 0.2) is 5.96 Å². The lowest BCUT2D eigenvalue weighted by Crippen LogP contribution is -2.47. The number of likely N-dealkylation sites (tertiary alicyclic amines) is 1. The highest BCUT2D eigenvalue weighted by Gasteiger charge is 2.23. The molecule has 2 saturated heterocycles. The molecule has 152 valence electrons. The number of hydrogen-bond acceptors (Lipinski definition) is 5. The Morgan fingerprint density at radius 1 is 1.33 bits per heavy atom. The van der Waals surface area contributed by atoms with Crippen LogP contribution in [0.2, 0.25) is 0 Å². The monoisotopic (exact) mass is 393 g/mol. The fourth-order valence-corrected chi connectivity index (χ4v) is 4.88. The molecular formula is C20H35N5OS. The number of nitrogens with one attached hydrogen (secondary N) is 2. The summed E-state index contributed by atoms with van der Waals surface area (Å²) in [5, 5.41) is 9.20. The molecule has 3 heterocycles. The molecule has 0 aromatic carbocycles. The van der Waals surface area contributed by atoms with Crippen LogP contribution in [0.1, 0.15) is 30.7 Å². The van der Waals surface area contributed by atoms with Crippen LogP contribution in [0, 0.1) is 5.92 Å². The summed E-state index contributed by atoms with van der Waals surface area (Å²) in [6, 6.07) is 4.75. The molecule has 0 radical (unpaired) electrons. The standard InChI is InChI=1S/C20H35N5OS/c1-17-5-3-8-24(16-17)9-7-22-20(21-2)23-15-18(19-6-4-14-27-19)25-10-12-26-13-11-25/h4,6,14,17-18H,3,5,7-13,15-16H2,1-2H3,(H2,21,22,23). The third-order valence-electron chi connectivity index (χ3n) is 5.51. The van der Waals surface area contributed by atoms with E-state index in [0.29, 0.717) is 6.04 Å². The van der Waals surface area contributed by atoms with E-state index in [1.165, 1.54) is 30.8 Å². The molecule has 2 N–H and O–H groups in total. The summed E-state index contributed by atoms with van der Waals surface area (Å²) in [6.07, 6.45) is 2.70. The molecule has 2 fully saturated rings. The SMILES string of the molecule is CN=C(NCCN1CCCC(C)C1)NCC(c1cccs1)N1CCOCC1.